The maximum Gasteiger partial charge on any atom is 0.220 e. The normalized spacial score (nSPS) is 13.2. The second-order valence-electron chi connectivity index (χ2n) is 7.40. The number of amides is 1. The number of carbonyl (C=O) groups excluding carboxylic acids is 1. The van der Waals surface area contributed by atoms with Gasteiger partial charge in [-0.05, 0) is 34.9 Å². The Hall–Kier alpha value is -1.55. The number of rotatable bonds is 6. The van der Waals surface area contributed by atoms with Gasteiger partial charge in [0.25, 0.3) is 0 Å². The SMILES string of the molecule is CC(C)CC(=O)NC(CN)Cc1ccc(O)c(C(C)(C)C)c1. The van der Waals surface area contributed by atoms with E-state index in [4.69, 9.17) is 5.73 Å². The molecule has 4 N–H and O–H groups in total. The molecule has 0 saturated carbocycles. The van der Waals surface area contributed by atoms with E-state index >= 15 is 0 Å². The van der Waals surface area contributed by atoms with Crippen molar-refractivity contribution in [3.63, 3.8) is 0 Å². The molecule has 22 heavy (non-hydrogen) atoms. The zero-order valence-corrected chi connectivity index (χ0v) is 14.4. The average Bonchev–Trinajstić information content (AvgIpc) is 2.37. The van der Waals surface area contributed by atoms with Gasteiger partial charge in [0.1, 0.15) is 5.75 Å². The monoisotopic (exact) mass is 306 g/mol. The number of nitrogens with two attached hydrogens (primary N) is 1. The molecule has 0 fully saturated rings. The first kappa shape index (κ1) is 18.5. The summed E-state index contributed by atoms with van der Waals surface area (Å²) in [5.74, 6) is 0.684. The van der Waals surface area contributed by atoms with Crippen LogP contribution in [0, 0.1) is 5.92 Å². The summed E-state index contributed by atoms with van der Waals surface area (Å²) < 4.78 is 0. The van der Waals surface area contributed by atoms with E-state index in [1.165, 1.54) is 0 Å². The summed E-state index contributed by atoms with van der Waals surface area (Å²) in [6.45, 7) is 10.6. The van der Waals surface area contributed by atoms with Gasteiger partial charge >= 0.3 is 0 Å². The summed E-state index contributed by atoms with van der Waals surface area (Å²) >= 11 is 0. The van der Waals surface area contributed by atoms with Crippen LogP contribution in [0.15, 0.2) is 18.2 Å². The van der Waals surface area contributed by atoms with Crippen LogP contribution in [0.3, 0.4) is 0 Å². The van der Waals surface area contributed by atoms with Crippen molar-refractivity contribution >= 4 is 5.91 Å². The molecule has 0 aliphatic rings. The Morgan fingerprint density at radius 1 is 1.32 bits per heavy atom. The van der Waals surface area contributed by atoms with Gasteiger partial charge in [0.15, 0.2) is 0 Å². The third-order valence-corrected chi connectivity index (χ3v) is 3.59. The van der Waals surface area contributed by atoms with Gasteiger partial charge < -0.3 is 16.2 Å². The average molecular weight is 306 g/mol. The first-order valence-electron chi connectivity index (χ1n) is 7.95. The van der Waals surface area contributed by atoms with Gasteiger partial charge in [0, 0.05) is 19.0 Å². The Labute approximate surface area is 134 Å². The lowest BCUT2D eigenvalue weighted by Crippen LogP contribution is -2.42. The molecule has 0 bridgehead atoms. The van der Waals surface area contributed by atoms with Crippen LogP contribution in [0.25, 0.3) is 0 Å². The standard InChI is InChI=1S/C18H30N2O2/c1-12(2)8-17(22)20-14(11-19)9-13-6-7-16(21)15(10-13)18(3,4)5/h6-7,10,12,14,21H,8-9,11,19H2,1-5H3,(H,20,22). The molecule has 0 heterocycles. The van der Waals surface area contributed by atoms with Gasteiger partial charge in [0.05, 0.1) is 0 Å². The maximum absolute atomic E-state index is 11.9. The summed E-state index contributed by atoms with van der Waals surface area (Å²) in [5.41, 5.74) is 7.65. The molecule has 1 rings (SSSR count). The molecule has 124 valence electrons. The Balaban J connectivity index is 2.81. The molecule has 1 unspecified atom stereocenters. The lowest BCUT2D eigenvalue weighted by Gasteiger charge is -2.23. The molecule has 1 aromatic carbocycles. The summed E-state index contributed by atoms with van der Waals surface area (Å²) in [4.78, 5) is 11.9. The molecule has 0 saturated heterocycles. The van der Waals surface area contributed by atoms with E-state index < -0.39 is 0 Å². The van der Waals surface area contributed by atoms with Crippen molar-refractivity contribution in [2.75, 3.05) is 6.54 Å². The van der Waals surface area contributed by atoms with Crippen LogP contribution in [0.4, 0.5) is 0 Å². The predicted octanol–water partition coefficient (Wildman–Crippen LogP) is 2.72. The van der Waals surface area contributed by atoms with Crippen molar-refractivity contribution in [3.8, 4) is 5.75 Å². The van der Waals surface area contributed by atoms with Crippen LogP contribution < -0.4 is 11.1 Å². The minimum atomic E-state index is -0.126. The smallest absolute Gasteiger partial charge is 0.220 e. The van der Waals surface area contributed by atoms with Crippen molar-refractivity contribution in [3.05, 3.63) is 29.3 Å². The van der Waals surface area contributed by atoms with E-state index in [0.717, 1.165) is 11.1 Å². The lowest BCUT2D eigenvalue weighted by atomic mass is 9.85. The highest BCUT2D eigenvalue weighted by atomic mass is 16.3. The number of aromatic hydroxyl groups is 1. The Morgan fingerprint density at radius 3 is 2.45 bits per heavy atom. The number of hydrogen-bond acceptors (Lipinski definition) is 3. The largest absolute Gasteiger partial charge is 0.508 e. The van der Waals surface area contributed by atoms with Crippen LogP contribution in [0.1, 0.15) is 52.2 Å². The third kappa shape index (κ3) is 5.68. The summed E-state index contributed by atoms with van der Waals surface area (Å²) in [6, 6.07) is 5.54. The van der Waals surface area contributed by atoms with Crippen LogP contribution in [0.5, 0.6) is 5.75 Å². The molecular weight excluding hydrogens is 276 g/mol. The first-order chi connectivity index (χ1) is 10.1. The zero-order chi connectivity index (χ0) is 16.9. The maximum atomic E-state index is 11.9. The third-order valence-electron chi connectivity index (χ3n) is 3.59. The van der Waals surface area contributed by atoms with E-state index in [0.29, 0.717) is 31.1 Å². The number of hydrogen-bond donors (Lipinski definition) is 3. The summed E-state index contributed by atoms with van der Waals surface area (Å²) in [5, 5.41) is 13.0. The van der Waals surface area contributed by atoms with Crippen molar-refractivity contribution in [2.45, 2.75) is 58.9 Å². The second-order valence-corrected chi connectivity index (χ2v) is 7.40. The van der Waals surface area contributed by atoms with Crippen molar-refractivity contribution in [1.29, 1.82) is 0 Å². The van der Waals surface area contributed by atoms with Crippen molar-refractivity contribution in [1.82, 2.24) is 5.32 Å². The van der Waals surface area contributed by atoms with Gasteiger partial charge in [-0.2, -0.15) is 0 Å². The molecule has 0 radical (unpaired) electrons. The number of nitrogens with one attached hydrogen (secondary N) is 1. The molecule has 0 spiro atoms. The minimum Gasteiger partial charge on any atom is -0.508 e. The second kappa shape index (κ2) is 7.63. The predicted molar refractivity (Wildman–Crippen MR) is 91.0 cm³/mol. The molecule has 4 heteroatoms. The minimum absolute atomic E-state index is 0.0419. The molecule has 0 aliphatic heterocycles. The fourth-order valence-electron chi connectivity index (χ4n) is 2.45. The Kier molecular flexibility index (Phi) is 6.42. The first-order valence-corrected chi connectivity index (χ1v) is 7.95. The molecule has 0 aromatic heterocycles. The number of carbonyl (C=O) groups is 1. The highest BCUT2D eigenvalue weighted by Crippen LogP contribution is 2.31. The van der Waals surface area contributed by atoms with Crippen LogP contribution in [-0.4, -0.2) is 23.6 Å². The van der Waals surface area contributed by atoms with Gasteiger partial charge in [-0.15, -0.1) is 0 Å². The fourth-order valence-corrected chi connectivity index (χ4v) is 2.45. The van der Waals surface area contributed by atoms with E-state index in [-0.39, 0.29) is 17.4 Å². The fraction of sp³-hybridized carbons (Fsp3) is 0.611. The molecule has 1 atom stereocenters. The van der Waals surface area contributed by atoms with Gasteiger partial charge in [-0.1, -0.05) is 46.8 Å². The van der Waals surface area contributed by atoms with E-state index in [9.17, 15) is 9.90 Å². The van der Waals surface area contributed by atoms with Crippen LogP contribution in [0.2, 0.25) is 0 Å². The molecule has 0 aliphatic carbocycles. The van der Waals surface area contributed by atoms with E-state index in [2.05, 4.69) is 26.1 Å². The topological polar surface area (TPSA) is 75.4 Å². The van der Waals surface area contributed by atoms with Crippen molar-refractivity contribution < 1.29 is 9.90 Å². The zero-order valence-electron chi connectivity index (χ0n) is 14.4. The number of benzene rings is 1. The van der Waals surface area contributed by atoms with Crippen molar-refractivity contribution in [2.24, 2.45) is 11.7 Å². The van der Waals surface area contributed by atoms with Gasteiger partial charge in [-0.3, -0.25) is 4.79 Å². The molecule has 1 aromatic rings. The Bertz CT molecular complexity index is 504. The highest BCUT2D eigenvalue weighted by molar-refractivity contribution is 5.76. The van der Waals surface area contributed by atoms with E-state index in [1.807, 2.05) is 26.0 Å². The molecular formula is C18H30N2O2. The van der Waals surface area contributed by atoms with Gasteiger partial charge in [0.2, 0.25) is 5.91 Å². The lowest BCUT2D eigenvalue weighted by molar-refractivity contribution is -0.122. The van der Waals surface area contributed by atoms with Crippen LogP contribution >= 0.6 is 0 Å². The number of phenolic OH excluding ortho intramolecular Hbond substituents is 1. The summed E-state index contributed by atoms with van der Waals surface area (Å²) in [7, 11) is 0. The molecule has 1 amide bonds. The quantitative estimate of drug-likeness (QED) is 0.756. The Morgan fingerprint density at radius 2 is 1.95 bits per heavy atom. The van der Waals surface area contributed by atoms with Gasteiger partial charge in [-0.25, -0.2) is 0 Å². The number of phenols is 1. The summed E-state index contributed by atoms with van der Waals surface area (Å²) in [6.07, 6.45) is 1.18. The van der Waals surface area contributed by atoms with E-state index in [1.54, 1.807) is 6.07 Å². The van der Waals surface area contributed by atoms with Crippen LogP contribution in [-0.2, 0) is 16.6 Å². The molecule has 4 nitrogen and oxygen atoms in total. The highest BCUT2D eigenvalue weighted by Gasteiger charge is 2.19.